The molecule has 1 amide bonds. The molecule has 0 unspecified atom stereocenters. The minimum absolute atomic E-state index is 0.186. The van der Waals surface area contributed by atoms with Gasteiger partial charge in [-0.25, -0.2) is 13.2 Å². The summed E-state index contributed by atoms with van der Waals surface area (Å²) in [6.45, 7) is 4.27. The molecule has 28 heavy (non-hydrogen) atoms. The van der Waals surface area contributed by atoms with Crippen molar-refractivity contribution in [2.24, 2.45) is 0 Å². The predicted molar refractivity (Wildman–Crippen MR) is 105 cm³/mol. The number of carbonyl (C=O) groups is 1. The molecule has 1 aliphatic heterocycles. The molecule has 1 fully saturated rings. The van der Waals surface area contributed by atoms with Gasteiger partial charge in [-0.3, -0.25) is 4.90 Å². The van der Waals surface area contributed by atoms with Crippen LogP contribution in [-0.4, -0.2) is 50.5 Å². The fourth-order valence-electron chi connectivity index (χ4n) is 3.22. The van der Waals surface area contributed by atoms with Crippen molar-refractivity contribution in [2.45, 2.75) is 24.9 Å². The number of aryl methyl sites for hydroxylation is 1. The highest BCUT2D eigenvalue weighted by Gasteiger charge is 2.43. The number of nitrogens with zero attached hydrogens (tertiary/aromatic N) is 2. The Morgan fingerprint density at radius 2 is 1.71 bits per heavy atom. The van der Waals surface area contributed by atoms with Crippen LogP contribution in [0.3, 0.4) is 0 Å². The molecule has 0 N–H and O–H groups in total. The summed E-state index contributed by atoms with van der Waals surface area (Å²) in [5.41, 5.74) is 1.64. The highest BCUT2D eigenvalue weighted by Crippen LogP contribution is 2.36. The average molecular weight is 404 g/mol. The lowest BCUT2D eigenvalue weighted by Gasteiger charge is -2.29. The first kappa shape index (κ1) is 20.2. The van der Waals surface area contributed by atoms with E-state index >= 15 is 0 Å². The number of hydrogen-bond donors (Lipinski definition) is 0. The second-order valence-corrected chi connectivity index (χ2v) is 8.36. The summed E-state index contributed by atoms with van der Waals surface area (Å²) in [6, 6.07) is 13.7. The van der Waals surface area contributed by atoms with Crippen LogP contribution in [0.5, 0.6) is 5.75 Å². The van der Waals surface area contributed by atoms with Crippen molar-refractivity contribution < 1.29 is 22.7 Å². The first-order valence-electron chi connectivity index (χ1n) is 9.04. The first-order chi connectivity index (χ1) is 13.4. The number of ether oxygens (including phenoxy) is 2. The molecule has 2 aromatic carbocycles. The zero-order valence-electron chi connectivity index (χ0n) is 16.2. The van der Waals surface area contributed by atoms with Crippen molar-refractivity contribution in [1.82, 2.24) is 9.21 Å². The van der Waals surface area contributed by atoms with Gasteiger partial charge in [-0.15, -0.1) is 0 Å². The average Bonchev–Trinajstić information content (AvgIpc) is 3.15. The highest BCUT2D eigenvalue weighted by molar-refractivity contribution is 7.89. The van der Waals surface area contributed by atoms with Crippen LogP contribution in [0, 0.1) is 6.92 Å². The van der Waals surface area contributed by atoms with Crippen LogP contribution in [0.1, 0.15) is 24.2 Å². The molecule has 7 nitrogen and oxygen atoms in total. The monoisotopic (exact) mass is 404 g/mol. The molecule has 0 saturated carbocycles. The molecule has 150 valence electrons. The number of rotatable bonds is 5. The molecule has 0 radical (unpaired) electrons. The van der Waals surface area contributed by atoms with Gasteiger partial charge in [0.25, 0.3) is 0 Å². The Bertz CT molecular complexity index is 926. The quantitative estimate of drug-likeness (QED) is 0.765. The molecule has 1 atom stereocenters. The minimum atomic E-state index is -3.80. The molecule has 0 aliphatic carbocycles. The lowest BCUT2D eigenvalue weighted by Crippen LogP contribution is -2.38. The third-order valence-corrected chi connectivity index (χ3v) is 6.54. The van der Waals surface area contributed by atoms with Crippen LogP contribution in [0.2, 0.25) is 0 Å². The summed E-state index contributed by atoms with van der Waals surface area (Å²) in [6.07, 6.45) is -1.32. The Labute approximate surface area is 165 Å². The molecule has 1 saturated heterocycles. The Kier molecular flexibility index (Phi) is 5.90. The molecule has 8 heteroatoms. The van der Waals surface area contributed by atoms with Gasteiger partial charge in [-0.05, 0) is 43.7 Å². The molecule has 1 aliphatic rings. The topological polar surface area (TPSA) is 76.2 Å². The summed E-state index contributed by atoms with van der Waals surface area (Å²) >= 11 is 0. The standard InChI is InChI=1S/C20H24N2O5S/c1-4-27-20(23)21-13-14-22(19(21)16-7-9-17(26-3)10-8-16)28(24,25)18-11-5-15(2)6-12-18/h5-12,19H,4,13-14H2,1-3H3/t19-/m0/s1. The van der Waals surface area contributed by atoms with Crippen LogP contribution in [0.15, 0.2) is 53.4 Å². The van der Waals surface area contributed by atoms with Crippen LogP contribution in [-0.2, 0) is 14.8 Å². The van der Waals surface area contributed by atoms with E-state index in [0.29, 0.717) is 11.3 Å². The lowest BCUT2D eigenvalue weighted by molar-refractivity contribution is 0.0930. The van der Waals surface area contributed by atoms with Crippen molar-refractivity contribution in [2.75, 3.05) is 26.8 Å². The van der Waals surface area contributed by atoms with Gasteiger partial charge in [0, 0.05) is 13.1 Å². The maximum Gasteiger partial charge on any atom is 0.411 e. The van der Waals surface area contributed by atoms with E-state index in [1.54, 1.807) is 62.6 Å². The fourth-order valence-corrected chi connectivity index (χ4v) is 4.79. The van der Waals surface area contributed by atoms with Crippen LogP contribution in [0.4, 0.5) is 4.79 Å². The van der Waals surface area contributed by atoms with Crippen molar-refractivity contribution >= 4 is 16.1 Å². The summed E-state index contributed by atoms with van der Waals surface area (Å²) in [7, 11) is -2.24. The van der Waals surface area contributed by atoms with E-state index in [1.807, 2.05) is 6.92 Å². The lowest BCUT2D eigenvalue weighted by atomic mass is 10.1. The van der Waals surface area contributed by atoms with Gasteiger partial charge in [0.05, 0.1) is 18.6 Å². The number of sulfonamides is 1. The van der Waals surface area contributed by atoms with Gasteiger partial charge in [-0.2, -0.15) is 4.31 Å². The van der Waals surface area contributed by atoms with E-state index in [2.05, 4.69) is 0 Å². The van der Waals surface area contributed by atoms with Gasteiger partial charge >= 0.3 is 6.09 Å². The Morgan fingerprint density at radius 1 is 1.07 bits per heavy atom. The maximum atomic E-state index is 13.3. The molecule has 3 rings (SSSR count). The van der Waals surface area contributed by atoms with E-state index in [0.717, 1.165) is 5.56 Å². The maximum absolute atomic E-state index is 13.3. The third-order valence-electron chi connectivity index (χ3n) is 4.67. The van der Waals surface area contributed by atoms with Crippen LogP contribution in [0.25, 0.3) is 0 Å². The van der Waals surface area contributed by atoms with E-state index < -0.39 is 22.3 Å². The number of benzene rings is 2. The van der Waals surface area contributed by atoms with E-state index in [9.17, 15) is 13.2 Å². The van der Waals surface area contributed by atoms with Gasteiger partial charge in [0.2, 0.25) is 10.0 Å². The normalized spacial score (nSPS) is 17.5. The second-order valence-electron chi connectivity index (χ2n) is 6.47. The largest absolute Gasteiger partial charge is 0.497 e. The van der Waals surface area contributed by atoms with Crippen molar-refractivity contribution in [1.29, 1.82) is 0 Å². The summed E-state index contributed by atoms with van der Waals surface area (Å²) < 4.78 is 38.3. The van der Waals surface area contributed by atoms with Crippen molar-refractivity contribution in [3.63, 3.8) is 0 Å². The summed E-state index contributed by atoms with van der Waals surface area (Å²) in [4.78, 5) is 14.1. The molecule has 0 bridgehead atoms. The Hall–Kier alpha value is -2.58. The summed E-state index contributed by atoms with van der Waals surface area (Å²) in [5.74, 6) is 0.650. The predicted octanol–water partition coefficient (Wildman–Crippen LogP) is 3.17. The zero-order valence-corrected chi connectivity index (χ0v) is 17.0. The van der Waals surface area contributed by atoms with Gasteiger partial charge < -0.3 is 9.47 Å². The molecule has 1 heterocycles. The SMILES string of the molecule is CCOC(=O)N1CCN(S(=O)(=O)c2ccc(C)cc2)[C@H]1c1ccc(OC)cc1. The Morgan fingerprint density at radius 3 is 2.29 bits per heavy atom. The van der Waals surface area contributed by atoms with E-state index in [-0.39, 0.29) is 24.6 Å². The van der Waals surface area contributed by atoms with Gasteiger partial charge in [0.1, 0.15) is 11.9 Å². The van der Waals surface area contributed by atoms with Crippen molar-refractivity contribution in [3.8, 4) is 5.75 Å². The molecule has 0 spiro atoms. The van der Waals surface area contributed by atoms with E-state index in [4.69, 9.17) is 9.47 Å². The second kappa shape index (κ2) is 8.20. The number of amides is 1. The van der Waals surface area contributed by atoms with Crippen molar-refractivity contribution in [3.05, 3.63) is 59.7 Å². The number of carbonyl (C=O) groups excluding carboxylic acids is 1. The minimum Gasteiger partial charge on any atom is -0.497 e. The van der Waals surface area contributed by atoms with Crippen LogP contribution >= 0.6 is 0 Å². The molecule has 2 aromatic rings. The molecule has 0 aromatic heterocycles. The zero-order chi connectivity index (χ0) is 20.3. The molecular weight excluding hydrogens is 380 g/mol. The fraction of sp³-hybridized carbons (Fsp3) is 0.350. The van der Waals surface area contributed by atoms with Gasteiger partial charge in [-0.1, -0.05) is 29.8 Å². The summed E-state index contributed by atoms with van der Waals surface area (Å²) in [5, 5.41) is 0. The third kappa shape index (κ3) is 3.83. The van der Waals surface area contributed by atoms with Crippen LogP contribution < -0.4 is 4.74 Å². The number of hydrogen-bond acceptors (Lipinski definition) is 5. The number of methoxy groups -OCH3 is 1. The van der Waals surface area contributed by atoms with E-state index in [1.165, 1.54) is 9.21 Å². The first-order valence-corrected chi connectivity index (χ1v) is 10.5. The smallest absolute Gasteiger partial charge is 0.411 e. The molecular formula is C20H24N2O5S. The highest BCUT2D eigenvalue weighted by atomic mass is 32.2. The van der Waals surface area contributed by atoms with Gasteiger partial charge in [0.15, 0.2) is 0 Å². The Balaban J connectivity index is 2.02.